The predicted molar refractivity (Wildman–Crippen MR) is 102 cm³/mol. The Hall–Kier alpha value is -3.02. The Kier molecular flexibility index (Phi) is 3.83. The number of ether oxygens (including phenoxy) is 2. The van der Waals surface area contributed by atoms with Gasteiger partial charge in [0.1, 0.15) is 0 Å². The van der Waals surface area contributed by atoms with Crippen molar-refractivity contribution < 1.29 is 9.47 Å². The van der Waals surface area contributed by atoms with Gasteiger partial charge in [-0.25, -0.2) is 4.79 Å². The predicted octanol–water partition coefficient (Wildman–Crippen LogP) is 3.44. The molecule has 1 aromatic heterocycles. The molecule has 0 aliphatic carbocycles. The van der Waals surface area contributed by atoms with Gasteiger partial charge in [0.15, 0.2) is 11.5 Å². The van der Waals surface area contributed by atoms with Gasteiger partial charge in [0.2, 0.25) is 6.79 Å². The maximum Gasteiger partial charge on any atom is 0.348 e. The van der Waals surface area contributed by atoms with Gasteiger partial charge in [0, 0.05) is 42.8 Å². The Morgan fingerprint density at radius 2 is 1.73 bits per heavy atom. The average molecular weight is 351 g/mol. The zero-order chi connectivity index (χ0) is 18.4. The highest BCUT2D eigenvalue weighted by molar-refractivity contribution is 5.95. The highest BCUT2D eigenvalue weighted by Gasteiger charge is 2.20. The average Bonchev–Trinajstić information content (AvgIpc) is 3.06. The number of anilines is 1. The van der Waals surface area contributed by atoms with Gasteiger partial charge >= 0.3 is 5.69 Å². The van der Waals surface area contributed by atoms with E-state index in [-0.39, 0.29) is 18.5 Å². The third-order valence-corrected chi connectivity index (χ3v) is 4.59. The van der Waals surface area contributed by atoms with Gasteiger partial charge in [-0.05, 0) is 32.0 Å². The van der Waals surface area contributed by atoms with Crippen LogP contribution in [0.2, 0.25) is 0 Å². The molecule has 0 spiro atoms. The van der Waals surface area contributed by atoms with Crippen LogP contribution in [0.3, 0.4) is 0 Å². The van der Waals surface area contributed by atoms with Gasteiger partial charge in [0.25, 0.3) is 0 Å². The minimum atomic E-state index is -0.266. The van der Waals surface area contributed by atoms with Crippen molar-refractivity contribution in [3.8, 4) is 22.8 Å². The summed E-state index contributed by atoms with van der Waals surface area (Å²) in [5.41, 5.74) is 3.18. The van der Waals surface area contributed by atoms with Gasteiger partial charge in [-0.1, -0.05) is 12.1 Å². The van der Waals surface area contributed by atoms with Crippen LogP contribution in [0.15, 0.2) is 41.2 Å². The van der Waals surface area contributed by atoms with Crippen molar-refractivity contribution >= 4 is 16.6 Å². The number of hydrogen-bond donors (Lipinski definition) is 0. The minimum Gasteiger partial charge on any atom is -0.454 e. The number of benzene rings is 2. The molecular weight excluding hydrogens is 330 g/mol. The molecular formula is C20H21N3O3. The molecule has 0 fully saturated rings. The molecule has 0 saturated carbocycles. The second-order valence-electron chi connectivity index (χ2n) is 6.87. The summed E-state index contributed by atoms with van der Waals surface area (Å²) in [5.74, 6) is 1.34. The normalized spacial score (nSPS) is 12.8. The van der Waals surface area contributed by atoms with Crippen molar-refractivity contribution in [2.75, 3.05) is 25.8 Å². The largest absolute Gasteiger partial charge is 0.454 e. The zero-order valence-electron chi connectivity index (χ0n) is 15.3. The Morgan fingerprint density at radius 1 is 1.08 bits per heavy atom. The van der Waals surface area contributed by atoms with Crippen molar-refractivity contribution in [2.24, 2.45) is 0 Å². The number of nitrogens with zero attached hydrogens (tertiary/aromatic N) is 3. The topological polar surface area (TPSA) is 56.6 Å². The number of fused-ring (bicyclic) bond motifs is 2. The Labute approximate surface area is 151 Å². The highest BCUT2D eigenvalue weighted by Crippen LogP contribution is 2.39. The second-order valence-corrected chi connectivity index (χ2v) is 6.87. The van der Waals surface area contributed by atoms with Crippen LogP contribution in [0.1, 0.15) is 19.9 Å². The lowest BCUT2D eigenvalue weighted by atomic mass is 10.0. The monoisotopic (exact) mass is 351 g/mol. The van der Waals surface area contributed by atoms with Crippen molar-refractivity contribution in [3.63, 3.8) is 0 Å². The zero-order valence-corrected chi connectivity index (χ0v) is 15.3. The fourth-order valence-corrected chi connectivity index (χ4v) is 3.27. The molecule has 0 atom stereocenters. The van der Waals surface area contributed by atoms with Crippen LogP contribution in [-0.2, 0) is 0 Å². The van der Waals surface area contributed by atoms with Crippen molar-refractivity contribution in [2.45, 2.75) is 19.9 Å². The van der Waals surface area contributed by atoms with Crippen molar-refractivity contribution in [1.29, 1.82) is 0 Å². The molecule has 1 aliphatic rings. The molecule has 1 aliphatic heterocycles. The van der Waals surface area contributed by atoms with E-state index >= 15 is 0 Å². The van der Waals surface area contributed by atoms with Crippen LogP contribution in [0.25, 0.3) is 22.2 Å². The van der Waals surface area contributed by atoms with Crippen LogP contribution in [0.4, 0.5) is 5.69 Å². The summed E-state index contributed by atoms with van der Waals surface area (Å²) in [7, 11) is 3.99. The molecule has 3 aromatic rings. The molecule has 6 heteroatoms. The fraction of sp³-hybridized carbons (Fsp3) is 0.300. The number of rotatable bonds is 3. The first kappa shape index (κ1) is 16.4. The van der Waals surface area contributed by atoms with E-state index in [9.17, 15) is 4.79 Å². The van der Waals surface area contributed by atoms with Crippen LogP contribution in [0.5, 0.6) is 11.5 Å². The summed E-state index contributed by atoms with van der Waals surface area (Å²) in [6.45, 7) is 4.13. The van der Waals surface area contributed by atoms with E-state index in [0.717, 1.165) is 22.2 Å². The van der Waals surface area contributed by atoms with E-state index in [1.807, 2.05) is 69.2 Å². The lowest BCUT2D eigenvalue weighted by Crippen LogP contribution is -2.25. The lowest BCUT2D eigenvalue weighted by Gasteiger charge is -2.17. The smallest absolute Gasteiger partial charge is 0.348 e. The third-order valence-electron chi connectivity index (χ3n) is 4.59. The van der Waals surface area contributed by atoms with Crippen molar-refractivity contribution in [1.82, 2.24) is 9.55 Å². The SMILES string of the molecule is CC(C)n1c(=O)nc(-c2ccc(N(C)C)cc2)c2cc3c(cc21)OCO3. The summed E-state index contributed by atoms with van der Waals surface area (Å²) in [5, 5.41) is 0.875. The second kappa shape index (κ2) is 6.05. The van der Waals surface area contributed by atoms with E-state index in [0.29, 0.717) is 17.2 Å². The van der Waals surface area contributed by atoms with E-state index < -0.39 is 0 Å². The Balaban J connectivity index is 2.00. The maximum absolute atomic E-state index is 12.7. The first-order valence-corrected chi connectivity index (χ1v) is 8.59. The number of hydrogen-bond acceptors (Lipinski definition) is 5. The molecule has 6 nitrogen and oxygen atoms in total. The molecule has 0 unspecified atom stereocenters. The summed E-state index contributed by atoms with van der Waals surface area (Å²) in [4.78, 5) is 19.1. The molecule has 0 N–H and O–H groups in total. The molecule has 0 saturated heterocycles. The first-order chi connectivity index (χ1) is 12.5. The van der Waals surface area contributed by atoms with Crippen molar-refractivity contribution in [3.05, 3.63) is 46.9 Å². The summed E-state index contributed by atoms with van der Waals surface area (Å²) in [6.07, 6.45) is 0. The van der Waals surface area contributed by atoms with Crippen LogP contribution in [0, 0.1) is 0 Å². The summed E-state index contributed by atoms with van der Waals surface area (Å²) < 4.78 is 12.7. The minimum absolute atomic E-state index is 0.0111. The first-order valence-electron chi connectivity index (χ1n) is 8.59. The number of aromatic nitrogens is 2. The molecule has 0 bridgehead atoms. The van der Waals surface area contributed by atoms with Gasteiger partial charge in [-0.2, -0.15) is 4.98 Å². The molecule has 0 radical (unpaired) electrons. The molecule has 26 heavy (non-hydrogen) atoms. The summed E-state index contributed by atoms with van der Waals surface area (Å²) >= 11 is 0. The maximum atomic E-state index is 12.7. The van der Waals surface area contributed by atoms with Gasteiger partial charge in [-0.15, -0.1) is 0 Å². The fourth-order valence-electron chi connectivity index (χ4n) is 3.27. The highest BCUT2D eigenvalue weighted by atomic mass is 16.7. The van der Waals surface area contributed by atoms with Gasteiger partial charge < -0.3 is 14.4 Å². The Morgan fingerprint density at radius 3 is 2.35 bits per heavy atom. The molecule has 2 heterocycles. The van der Waals surface area contributed by atoms with Gasteiger partial charge in [0.05, 0.1) is 11.2 Å². The quantitative estimate of drug-likeness (QED) is 0.723. The Bertz CT molecular complexity index is 1040. The van der Waals surface area contributed by atoms with Crippen LogP contribution < -0.4 is 20.1 Å². The molecule has 0 amide bonds. The lowest BCUT2D eigenvalue weighted by molar-refractivity contribution is 0.174. The van der Waals surface area contributed by atoms with E-state index in [4.69, 9.17) is 9.47 Å². The molecule has 4 rings (SSSR count). The molecule has 2 aromatic carbocycles. The molecule has 134 valence electrons. The van der Waals surface area contributed by atoms with E-state index in [1.165, 1.54) is 0 Å². The standard InChI is InChI=1S/C20H21N3O3/c1-12(2)23-16-10-18-17(25-11-26-18)9-15(16)19(21-20(23)24)13-5-7-14(8-6-13)22(3)4/h5-10,12H,11H2,1-4H3. The van der Waals surface area contributed by atoms with Crippen LogP contribution in [-0.4, -0.2) is 30.4 Å². The van der Waals surface area contributed by atoms with E-state index in [2.05, 4.69) is 4.98 Å². The van der Waals surface area contributed by atoms with Gasteiger partial charge in [-0.3, -0.25) is 4.57 Å². The summed E-state index contributed by atoms with van der Waals surface area (Å²) in [6, 6.07) is 11.8. The third kappa shape index (κ3) is 2.58. The van der Waals surface area contributed by atoms with E-state index in [1.54, 1.807) is 4.57 Å². The van der Waals surface area contributed by atoms with Crippen LogP contribution >= 0.6 is 0 Å².